The van der Waals surface area contributed by atoms with Gasteiger partial charge in [0.25, 0.3) is 5.91 Å². The minimum Gasteiger partial charge on any atom is -0.274 e. The van der Waals surface area contributed by atoms with Crippen LogP contribution in [-0.2, 0) is 10.0 Å². The van der Waals surface area contributed by atoms with E-state index in [2.05, 4.69) is 10.3 Å². The van der Waals surface area contributed by atoms with Crippen LogP contribution in [0, 0.1) is 24.5 Å². The number of carbonyl (C=O) groups is 1. The topological polar surface area (TPSA) is 75.3 Å². The molecule has 0 aliphatic heterocycles. The lowest BCUT2D eigenvalue weighted by molar-refractivity contribution is 0.0940. The Kier molecular flexibility index (Phi) is 6.64. The number of nitrogens with one attached hydrogen (secondary N) is 2. The molecule has 0 atom stereocenters. The van der Waals surface area contributed by atoms with Crippen LogP contribution in [0.15, 0.2) is 36.4 Å². The first kappa shape index (κ1) is 21.4. The fraction of sp³-hybridized carbons (Fsp3) is 0.381. The lowest BCUT2D eigenvalue weighted by atomic mass is 9.91. The van der Waals surface area contributed by atoms with Crippen molar-refractivity contribution in [2.24, 2.45) is 5.92 Å². The van der Waals surface area contributed by atoms with Crippen LogP contribution >= 0.6 is 0 Å². The van der Waals surface area contributed by atoms with Crippen molar-refractivity contribution >= 4 is 15.9 Å². The highest BCUT2D eigenvalue weighted by Gasteiger charge is 2.23. The van der Waals surface area contributed by atoms with Gasteiger partial charge in [-0.2, -0.15) is 0 Å². The molecule has 5 nitrogen and oxygen atoms in total. The summed E-state index contributed by atoms with van der Waals surface area (Å²) in [5, 5.41) is 0. The normalized spacial score (nSPS) is 15.3. The summed E-state index contributed by atoms with van der Waals surface area (Å²) in [5.41, 5.74) is 2.92. The van der Waals surface area contributed by atoms with Gasteiger partial charge in [0.15, 0.2) is 0 Å². The van der Waals surface area contributed by atoms with E-state index in [1.807, 2.05) is 0 Å². The zero-order valence-electron chi connectivity index (χ0n) is 16.2. The maximum Gasteiger partial charge on any atom is 0.269 e. The molecule has 0 aromatic heterocycles. The maximum atomic E-state index is 14.5. The second-order valence-electron chi connectivity index (χ2n) is 7.51. The monoisotopic (exact) mass is 422 g/mol. The van der Waals surface area contributed by atoms with Crippen molar-refractivity contribution in [2.45, 2.75) is 39.0 Å². The van der Waals surface area contributed by atoms with Crippen LogP contribution in [0.25, 0.3) is 11.1 Å². The van der Waals surface area contributed by atoms with E-state index in [4.69, 9.17) is 0 Å². The zero-order valence-corrected chi connectivity index (χ0v) is 17.0. The summed E-state index contributed by atoms with van der Waals surface area (Å²) in [6, 6.07) is 8.51. The van der Waals surface area contributed by atoms with Gasteiger partial charge in [0, 0.05) is 0 Å². The van der Waals surface area contributed by atoms with E-state index in [1.54, 1.807) is 6.07 Å². The molecule has 3 rings (SSSR count). The van der Waals surface area contributed by atoms with Gasteiger partial charge in [-0.15, -0.1) is 4.83 Å². The van der Waals surface area contributed by atoms with Crippen molar-refractivity contribution in [3.63, 3.8) is 0 Å². The van der Waals surface area contributed by atoms with E-state index in [1.165, 1.54) is 37.3 Å². The molecule has 0 bridgehead atoms. The standard InChI is InChI=1S/C21H24F2N2O3S/c1-14-10-17(16-8-5-9-18(22)11-16)12-19(20(14)23)21(26)24-25-29(27,28)13-15-6-3-2-4-7-15/h5,8-12,15,25H,2-4,6-7,13H2,1H3,(H,24,26). The quantitative estimate of drug-likeness (QED) is 0.689. The van der Waals surface area contributed by atoms with E-state index in [-0.39, 0.29) is 22.8 Å². The Morgan fingerprint density at radius 2 is 1.79 bits per heavy atom. The zero-order chi connectivity index (χ0) is 21.0. The van der Waals surface area contributed by atoms with Gasteiger partial charge in [0.2, 0.25) is 10.0 Å². The average Bonchev–Trinajstić information content (AvgIpc) is 2.68. The van der Waals surface area contributed by atoms with Gasteiger partial charge in [-0.3, -0.25) is 10.2 Å². The molecule has 0 heterocycles. The molecule has 0 spiro atoms. The predicted molar refractivity (Wildman–Crippen MR) is 107 cm³/mol. The Morgan fingerprint density at radius 1 is 1.07 bits per heavy atom. The van der Waals surface area contributed by atoms with Crippen molar-refractivity contribution in [1.82, 2.24) is 10.3 Å². The van der Waals surface area contributed by atoms with Gasteiger partial charge in [-0.25, -0.2) is 17.2 Å². The molecule has 1 aliphatic rings. The summed E-state index contributed by atoms with van der Waals surface area (Å²) in [6.45, 7) is 1.49. The summed E-state index contributed by atoms with van der Waals surface area (Å²) < 4.78 is 52.5. The lowest BCUT2D eigenvalue weighted by Gasteiger charge is -2.21. The maximum absolute atomic E-state index is 14.5. The van der Waals surface area contributed by atoms with Gasteiger partial charge in [-0.05, 0) is 66.6 Å². The lowest BCUT2D eigenvalue weighted by Crippen LogP contribution is -2.44. The van der Waals surface area contributed by atoms with Crippen LogP contribution in [0.2, 0.25) is 0 Å². The van der Waals surface area contributed by atoms with Crippen molar-refractivity contribution in [2.75, 3.05) is 5.75 Å². The Labute approximate surface area is 169 Å². The van der Waals surface area contributed by atoms with Gasteiger partial charge in [0.05, 0.1) is 11.3 Å². The van der Waals surface area contributed by atoms with Crippen molar-refractivity contribution in [1.29, 1.82) is 0 Å². The smallest absolute Gasteiger partial charge is 0.269 e. The van der Waals surface area contributed by atoms with Gasteiger partial charge >= 0.3 is 0 Å². The van der Waals surface area contributed by atoms with Crippen molar-refractivity contribution < 1.29 is 22.0 Å². The van der Waals surface area contributed by atoms with Crippen molar-refractivity contribution in [3.05, 3.63) is 59.2 Å². The van der Waals surface area contributed by atoms with Crippen LogP contribution in [0.1, 0.15) is 48.0 Å². The summed E-state index contributed by atoms with van der Waals surface area (Å²) in [5.74, 6) is -2.12. The third-order valence-corrected chi connectivity index (χ3v) is 6.48. The van der Waals surface area contributed by atoms with Crippen LogP contribution in [0.5, 0.6) is 0 Å². The second kappa shape index (κ2) is 9.00. The minimum absolute atomic E-state index is 0.0634. The van der Waals surface area contributed by atoms with E-state index in [9.17, 15) is 22.0 Å². The number of rotatable bonds is 6. The molecular formula is C21H24F2N2O3S. The molecule has 1 fully saturated rings. The number of carbonyl (C=O) groups excluding carboxylic acids is 1. The highest BCUT2D eigenvalue weighted by molar-refractivity contribution is 7.89. The summed E-state index contributed by atoms with van der Waals surface area (Å²) >= 11 is 0. The summed E-state index contributed by atoms with van der Waals surface area (Å²) in [6.07, 6.45) is 4.81. The Bertz CT molecular complexity index is 1000. The first-order chi connectivity index (χ1) is 13.7. The molecule has 1 amide bonds. The second-order valence-corrected chi connectivity index (χ2v) is 9.27. The first-order valence-electron chi connectivity index (χ1n) is 9.61. The number of halogens is 2. The molecule has 8 heteroatoms. The first-order valence-corrected chi connectivity index (χ1v) is 11.3. The van der Waals surface area contributed by atoms with E-state index < -0.39 is 27.6 Å². The highest BCUT2D eigenvalue weighted by atomic mass is 32.2. The van der Waals surface area contributed by atoms with E-state index >= 15 is 0 Å². The van der Waals surface area contributed by atoms with Crippen LogP contribution in [0.4, 0.5) is 8.78 Å². The van der Waals surface area contributed by atoms with Crippen molar-refractivity contribution in [3.8, 4) is 11.1 Å². The molecule has 0 unspecified atom stereocenters. The molecule has 2 N–H and O–H groups in total. The largest absolute Gasteiger partial charge is 0.274 e. The molecule has 1 saturated carbocycles. The van der Waals surface area contributed by atoms with Crippen LogP contribution in [-0.4, -0.2) is 20.1 Å². The van der Waals surface area contributed by atoms with Crippen LogP contribution in [0.3, 0.4) is 0 Å². The summed E-state index contributed by atoms with van der Waals surface area (Å²) in [4.78, 5) is 14.5. The molecule has 156 valence electrons. The Hall–Kier alpha value is -2.32. The molecule has 0 saturated heterocycles. The number of hydrazine groups is 1. The van der Waals surface area contributed by atoms with E-state index in [0.29, 0.717) is 11.1 Å². The Balaban J connectivity index is 1.74. The highest BCUT2D eigenvalue weighted by Crippen LogP contribution is 2.26. The molecular weight excluding hydrogens is 398 g/mol. The van der Waals surface area contributed by atoms with Gasteiger partial charge in [0.1, 0.15) is 11.6 Å². The molecule has 1 aliphatic carbocycles. The summed E-state index contributed by atoms with van der Waals surface area (Å²) in [7, 11) is -3.73. The number of sulfonamides is 1. The number of aryl methyl sites for hydroxylation is 1. The third kappa shape index (κ3) is 5.61. The molecule has 2 aromatic carbocycles. The number of hydrogen-bond donors (Lipinski definition) is 2. The molecule has 2 aromatic rings. The van der Waals surface area contributed by atoms with Gasteiger partial charge < -0.3 is 0 Å². The fourth-order valence-electron chi connectivity index (χ4n) is 3.67. The number of amides is 1. The van der Waals surface area contributed by atoms with Crippen LogP contribution < -0.4 is 10.3 Å². The molecule has 29 heavy (non-hydrogen) atoms. The SMILES string of the molecule is Cc1cc(-c2cccc(F)c2)cc(C(=O)NNS(=O)(=O)CC2CCCCC2)c1F. The minimum atomic E-state index is -3.73. The van der Waals surface area contributed by atoms with E-state index in [0.717, 1.165) is 32.1 Å². The number of hydrogen-bond acceptors (Lipinski definition) is 3. The third-order valence-electron chi connectivity index (χ3n) is 5.16. The Morgan fingerprint density at radius 3 is 2.48 bits per heavy atom. The molecule has 0 radical (unpaired) electrons. The van der Waals surface area contributed by atoms with Gasteiger partial charge in [-0.1, -0.05) is 31.4 Å². The fourth-order valence-corrected chi connectivity index (χ4v) is 4.95. The number of benzene rings is 2. The average molecular weight is 422 g/mol. The predicted octanol–water partition coefficient (Wildman–Crippen LogP) is 4.08.